The fourth-order valence-corrected chi connectivity index (χ4v) is 2.47. The standard InChI is InChI=1S/C17H19N5O2/c1-21-16(23)8-7-15(20-21)17(24)18-10-9-13-11-19-22(12-13)14-5-3-2-4-6-14/h2-6,11-12H,7-10H2,1H3,(H,18,24). The van der Waals surface area contributed by atoms with Gasteiger partial charge in [0.15, 0.2) is 0 Å². The molecule has 1 N–H and O–H groups in total. The summed E-state index contributed by atoms with van der Waals surface area (Å²) in [5.74, 6) is -0.287. The second kappa shape index (κ2) is 7.08. The molecule has 2 amide bonds. The van der Waals surface area contributed by atoms with Gasteiger partial charge in [-0.3, -0.25) is 9.59 Å². The van der Waals surface area contributed by atoms with Gasteiger partial charge in [0.25, 0.3) is 5.91 Å². The third-order valence-corrected chi connectivity index (χ3v) is 3.83. The van der Waals surface area contributed by atoms with Crippen molar-refractivity contribution in [2.45, 2.75) is 19.3 Å². The van der Waals surface area contributed by atoms with Crippen molar-refractivity contribution < 1.29 is 9.59 Å². The molecule has 1 aliphatic heterocycles. The number of amides is 2. The monoisotopic (exact) mass is 325 g/mol. The fourth-order valence-electron chi connectivity index (χ4n) is 2.47. The molecule has 3 rings (SSSR count). The SMILES string of the molecule is CN1N=C(C(=O)NCCc2cnn(-c3ccccc3)c2)CCC1=O. The van der Waals surface area contributed by atoms with Crippen LogP contribution in [0.3, 0.4) is 0 Å². The van der Waals surface area contributed by atoms with E-state index in [1.165, 1.54) is 5.01 Å². The number of para-hydroxylation sites is 1. The molecular formula is C17H19N5O2. The van der Waals surface area contributed by atoms with Crippen LogP contribution in [0.4, 0.5) is 0 Å². The van der Waals surface area contributed by atoms with Crippen LogP contribution in [0.25, 0.3) is 5.69 Å². The molecule has 1 aromatic carbocycles. The highest BCUT2D eigenvalue weighted by Crippen LogP contribution is 2.09. The molecule has 2 aromatic rings. The largest absolute Gasteiger partial charge is 0.351 e. The zero-order chi connectivity index (χ0) is 16.9. The Balaban J connectivity index is 1.52. The van der Waals surface area contributed by atoms with Gasteiger partial charge in [-0.2, -0.15) is 10.2 Å². The van der Waals surface area contributed by atoms with E-state index < -0.39 is 0 Å². The van der Waals surface area contributed by atoms with E-state index in [2.05, 4.69) is 15.5 Å². The van der Waals surface area contributed by atoms with Gasteiger partial charge in [-0.1, -0.05) is 18.2 Å². The van der Waals surface area contributed by atoms with Crippen LogP contribution in [0.2, 0.25) is 0 Å². The first kappa shape index (κ1) is 15.9. The summed E-state index contributed by atoms with van der Waals surface area (Å²) in [6.07, 6.45) is 5.14. The van der Waals surface area contributed by atoms with Gasteiger partial charge in [0.1, 0.15) is 5.71 Å². The first-order valence-electron chi connectivity index (χ1n) is 7.84. The van der Waals surface area contributed by atoms with E-state index in [-0.39, 0.29) is 11.8 Å². The predicted octanol–water partition coefficient (Wildman–Crippen LogP) is 1.14. The second-order valence-corrected chi connectivity index (χ2v) is 5.60. The normalized spacial score (nSPS) is 14.5. The van der Waals surface area contributed by atoms with E-state index >= 15 is 0 Å². The Morgan fingerprint density at radius 2 is 2.04 bits per heavy atom. The number of benzene rings is 1. The molecule has 7 heteroatoms. The number of nitrogens with zero attached hydrogens (tertiary/aromatic N) is 4. The molecule has 0 radical (unpaired) electrons. The number of carbonyl (C=O) groups excluding carboxylic acids is 2. The van der Waals surface area contributed by atoms with Crippen molar-refractivity contribution in [3.05, 3.63) is 48.3 Å². The van der Waals surface area contributed by atoms with Crippen molar-refractivity contribution in [1.82, 2.24) is 20.1 Å². The minimum atomic E-state index is -0.218. The Kier molecular flexibility index (Phi) is 4.69. The lowest BCUT2D eigenvalue weighted by atomic mass is 10.1. The Labute approximate surface area is 140 Å². The van der Waals surface area contributed by atoms with Gasteiger partial charge in [0.2, 0.25) is 5.91 Å². The maximum Gasteiger partial charge on any atom is 0.267 e. The quantitative estimate of drug-likeness (QED) is 0.895. The molecule has 1 aliphatic rings. The molecule has 0 aliphatic carbocycles. The highest BCUT2D eigenvalue weighted by Gasteiger charge is 2.21. The molecule has 0 atom stereocenters. The fraction of sp³-hybridized carbons (Fsp3) is 0.294. The van der Waals surface area contributed by atoms with Gasteiger partial charge < -0.3 is 5.32 Å². The zero-order valence-corrected chi connectivity index (χ0v) is 13.5. The van der Waals surface area contributed by atoms with Crippen molar-refractivity contribution in [2.75, 3.05) is 13.6 Å². The molecule has 0 unspecified atom stereocenters. The third-order valence-electron chi connectivity index (χ3n) is 3.83. The van der Waals surface area contributed by atoms with E-state index in [4.69, 9.17) is 0 Å². The van der Waals surface area contributed by atoms with Gasteiger partial charge >= 0.3 is 0 Å². The van der Waals surface area contributed by atoms with Crippen molar-refractivity contribution in [2.24, 2.45) is 5.10 Å². The number of carbonyl (C=O) groups is 2. The molecule has 0 saturated heterocycles. The topological polar surface area (TPSA) is 79.6 Å². The zero-order valence-electron chi connectivity index (χ0n) is 13.5. The molecule has 124 valence electrons. The number of hydrogen-bond acceptors (Lipinski definition) is 4. The van der Waals surface area contributed by atoms with E-state index in [0.29, 0.717) is 31.5 Å². The molecule has 0 saturated carbocycles. The molecule has 0 fully saturated rings. The van der Waals surface area contributed by atoms with Gasteiger partial charge in [-0.25, -0.2) is 9.69 Å². The Bertz CT molecular complexity index is 766. The van der Waals surface area contributed by atoms with Crippen LogP contribution in [0.15, 0.2) is 47.8 Å². The summed E-state index contributed by atoms with van der Waals surface area (Å²) < 4.78 is 1.81. The number of hydrazone groups is 1. The molecule has 24 heavy (non-hydrogen) atoms. The van der Waals surface area contributed by atoms with Crippen molar-refractivity contribution >= 4 is 17.5 Å². The summed E-state index contributed by atoms with van der Waals surface area (Å²) in [4.78, 5) is 23.4. The summed E-state index contributed by atoms with van der Waals surface area (Å²) >= 11 is 0. The van der Waals surface area contributed by atoms with Gasteiger partial charge in [-0.05, 0) is 24.1 Å². The Morgan fingerprint density at radius 1 is 1.25 bits per heavy atom. The average molecular weight is 325 g/mol. The molecule has 2 heterocycles. The van der Waals surface area contributed by atoms with Crippen LogP contribution < -0.4 is 5.32 Å². The maximum absolute atomic E-state index is 12.1. The lowest BCUT2D eigenvalue weighted by molar-refractivity contribution is -0.130. The summed E-state index contributed by atoms with van der Waals surface area (Å²) in [6, 6.07) is 9.85. The van der Waals surface area contributed by atoms with Gasteiger partial charge in [-0.15, -0.1) is 0 Å². The second-order valence-electron chi connectivity index (χ2n) is 5.60. The van der Waals surface area contributed by atoms with Crippen molar-refractivity contribution in [3.63, 3.8) is 0 Å². The van der Waals surface area contributed by atoms with E-state index in [1.807, 2.05) is 41.2 Å². The summed E-state index contributed by atoms with van der Waals surface area (Å²) in [5, 5.41) is 12.4. The first-order chi connectivity index (χ1) is 11.6. The molecule has 0 spiro atoms. The molecule has 0 bridgehead atoms. The van der Waals surface area contributed by atoms with Crippen molar-refractivity contribution in [1.29, 1.82) is 0 Å². The van der Waals surface area contributed by atoms with Crippen LogP contribution in [0.5, 0.6) is 0 Å². The number of aromatic nitrogens is 2. The smallest absolute Gasteiger partial charge is 0.267 e. The molecular weight excluding hydrogens is 306 g/mol. The number of rotatable bonds is 5. The highest BCUT2D eigenvalue weighted by atomic mass is 16.2. The van der Waals surface area contributed by atoms with Gasteiger partial charge in [0, 0.05) is 32.6 Å². The van der Waals surface area contributed by atoms with E-state index in [1.54, 1.807) is 13.2 Å². The van der Waals surface area contributed by atoms with Crippen LogP contribution in [0, 0.1) is 0 Å². The third kappa shape index (κ3) is 3.68. The lowest BCUT2D eigenvalue weighted by Gasteiger charge is -2.18. The minimum Gasteiger partial charge on any atom is -0.351 e. The lowest BCUT2D eigenvalue weighted by Crippen LogP contribution is -2.38. The predicted molar refractivity (Wildman–Crippen MR) is 89.7 cm³/mol. The average Bonchev–Trinajstić information content (AvgIpc) is 3.07. The highest BCUT2D eigenvalue weighted by molar-refractivity contribution is 6.39. The molecule has 7 nitrogen and oxygen atoms in total. The van der Waals surface area contributed by atoms with Crippen LogP contribution in [-0.4, -0.2) is 45.9 Å². The summed E-state index contributed by atoms with van der Waals surface area (Å²) in [5.41, 5.74) is 2.44. The molecule has 1 aromatic heterocycles. The Morgan fingerprint density at radius 3 is 2.79 bits per heavy atom. The van der Waals surface area contributed by atoms with Gasteiger partial charge in [0.05, 0.1) is 11.9 Å². The number of hydrogen-bond donors (Lipinski definition) is 1. The number of nitrogens with one attached hydrogen (secondary N) is 1. The van der Waals surface area contributed by atoms with E-state index in [9.17, 15) is 9.59 Å². The van der Waals surface area contributed by atoms with E-state index in [0.717, 1.165) is 11.3 Å². The maximum atomic E-state index is 12.1. The van der Waals surface area contributed by atoms with Crippen LogP contribution in [0.1, 0.15) is 18.4 Å². The minimum absolute atomic E-state index is 0.0696. The Hall–Kier alpha value is -2.96. The first-order valence-corrected chi connectivity index (χ1v) is 7.84. The van der Waals surface area contributed by atoms with Crippen LogP contribution in [-0.2, 0) is 16.0 Å². The van der Waals surface area contributed by atoms with Crippen molar-refractivity contribution in [3.8, 4) is 5.69 Å². The van der Waals surface area contributed by atoms with Crippen LogP contribution >= 0.6 is 0 Å². The summed E-state index contributed by atoms with van der Waals surface area (Å²) in [6.45, 7) is 0.496. The summed E-state index contributed by atoms with van der Waals surface area (Å²) in [7, 11) is 1.56.